The molecule has 0 unspecified atom stereocenters. The molecule has 0 aliphatic carbocycles. The van der Waals surface area contributed by atoms with Gasteiger partial charge in [0.25, 0.3) is 16.8 Å². The molecule has 0 bridgehead atoms. The minimum Gasteiger partial charge on any atom is -0.490 e. The zero-order valence-corrected chi connectivity index (χ0v) is 21.0. The molecule has 0 N–H and O–H groups in total. The van der Waals surface area contributed by atoms with Crippen LogP contribution >= 0.6 is 11.8 Å². The molecule has 12 nitrogen and oxygen atoms in total. The Morgan fingerprint density at radius 2 is 1.74 bits per heavy atom. The lowest BCUT2D eigenvalue weighted by molar-refractivity contribution is -0.394. The van der Waals surface area contributed by atoms with Crippen molar-refractivity contribution in [2.24, 2.45) is 0 Å². The molecule has 2 amide bonds. The largest absolute Gasteiger partial charge is 0.490 e. The number of benzene rings is 3. The van der Waals surface area contributed by atoms with Crippen LogP contribution in [0.1, 0.15) is 23.6 Å². The molecule has 4 rings (SSSR count). The summed E-state index contributed by atoms with van der Waals surface area (Å²) in [7, 11) is 0. The van der Waals surface area contributed by atoms with E-state index in [0.29, 0.717) is 16.7 Å². The fraction of sp³-hybridized carbons (Fsp3) is 0.115. The van der Waals surface area contributed by atoms with E-state index in [1.807, 2.05) is 6.07 Å². The molecule has 3 aromatic rings. The van der Waals surface area contributed by atoms with Gasteiger partial charge in [-0.25, -0.2) is 0 Å². The van der Waals surface area contributed by atoms with Crippen LogP contribution in [0, 0.1) is 31.6 Å². The Morgan fingerprint density at radius 3 is 2.44 bits per heavy atom. The summed E-state index contributed by atoms with van der Waals surface area (Å²) in [6.07, 6.45) is 1.50. The quantitative estimate of drug-likeness (QED) is 0.182. The Hall–Kier alpha value is -5.22. The highest BCUT2D eigenvalue weighted by Gasteiger charge is 2.35. The van der Waals surface area contributed by atoms with E-state index >= 15 is 0 Å². The number of nitrogens with zero attached hydrogens (tertiary/aromatic N) is 4. The van der Waals surface area contributed by atoms with Crippen molar-refractivity contribution in [3.8, 4) is 23.3 Å². The molecule has 39 heavy (non-hydrogen) atoms. The number of ether oxygens (including phenoxy) is 2. The predicted octanol–water partition coefficient (Wildman–Crippen LogP) is 5.80. The van der Waals surface area contributed by atoms with E-state index in [9.17, 15) is 35.1 Å². The number of amides is 2. The third kappa shape index (κ3) is 5.86. The molecule has 13 heteroatoms. The highest BCUT2D eigenvalue weighted by atomic mass is 32.2. The summed E-state index contributed by atoms with van der Waals surface area (Å²) < 4.78 is 11.3. The lowest BCUT2D eigenvalue weighted by atomic mass is 10.1. The fourth-order valence-electron chi connectivity index (χ4n) is 3.66. The van der Waals surface area contributed by atoms with Crippen molar-refractivity contribution in [3.05, 3.63) is 102 Å². The van der Waals surface area contributed by atoms with E-state index in [1.165, 1.54) is 18.2 Å². The highest BCUT2D eigenvalue weighted by Crippen LogP contribution is 2.40. The number of non-ortho nitro benzene ring substituents is 1. The monoisotopic (exact) mass is 546 g/mol. The summed E-state index contributed by atoms with van der Waals surface area (Å²) in [6.45, 7) is 1.89. The zero-order valence-electron chi connectivity index (χ0n) is 20.2. The van der Waals surface area contributed by atoms with E-state index in [0.717, 1.165) is 34.9 Å². The Morgan fingerprint density at radius 1 is 1.00 bits per heavy atom. The highest BCUT2D eigenvalue weighted by molar-refractivity contribution is 8.18. The molecule has 1 saturated heterocycles. The number of rotatable bonds is 9. The second-order valence-electron chi connectivity index (χ2n) is 7.94. The van der Waals surface area contributed by atoms with E-state index in [1.54, 1.807) is 37.3 Å². The lowest BCUT2D eigenvalue weighted by Crippen LogP contribution is -2.27. The zero-order chi connectivity index (χ0) is 28.1. The van der Waals surface area contributed by atoms with Crippen molar-refractivity contribution in [2.45, 2.75) is 13.5 Å². The van der Waals surface area contributed by atoms with Crippen molar-refractivity contribution in [1.29, 1.82) is 5.26 Å². The maximum Gasteiger partial charge on any atom is 0.318 e. The van der Waals surface area contributed by atoms with Gasteiger partial charge in [-0.3, -0.25) is 34.7 Å². The normalized spacial score (nSPS) is 13.8. The third-order valence-electron chi connectivity index (χ3n) is 5.48. The molecule has 1 heterocycles. The number of nitriles is 1. The van der Waals surface area contributed by atoms with Crippen molar-refractivity contribution < 1.29 is 28.9 Å². The SMILES string of the molecule is CCOc1cc(/C=C2/SC(=O)N(Cc3ccccc3C#N)C2=O)ccc1Oc1ccc([N+](=O)[O-])cc1[N+](=O)[O-]. The van der Waals surface area contributed by atoms with Gasteiger partial charge in [-0.1, -0.05) is 24.3 Å². The van der Waals surface area contributed by atoms with E-state index in [-0.39, 0.29) is 35.3 Å². The first-order valence-electron chi connectivity index (χ1n) is 11.3. The van der Waals surface area contributed by atoms with E-state index in [2.05, 4.69) is 0 Å². The summed E-state index contributed by atoms with van der Waals surface area (Å²) in [6, 6.07) is 16.3. The van der Waals surface area contributed by atoms with Crippen LogP contribution in [0.4, 0.5) is 16.2 Å². The number of carbonyl (C=O) groups excluding carboxylic acids is 2. The standard InChI is InChI=1S/C26H18N4O8S/c1-2-37-23-11-16(7-9-22(23)38-21-10-8-19(29(33)34)13-20(21)30(35)36)12-24-25(31)28(26(32)39-24)15-18-6-4-3-5-17(18)14-27/h3-13H,2,15H2,1H3/b24-12+. The molecule has 0 atom stereocenters. The van der Waals surface area contributed by atoms with Gasteiger partial charge in [-0.05, 0) is 60.2 Å². The van der Waals surface area contributed by atoms with Gasteiger partial charge >= 0.3 is 5.69 Å². The molecule has 0 spiro atoms. The van der Waals surface area contributed by atoms with Gasteiger partial charge in [-0.15, -0.1) is 0 Å². The topological polar surface area (TPSA) is 166 Å². The molecular formula is C26H18N4O8S. The van der Waals surface area contributed by atoms with Crippen LogP contribution in [-0.2, 0) is 11.3 Å². The van der Waals surface area contributed by atoms with Gasteiger partial charge in [-0.2, -0.15) is 5.26 Å². The molecule has 0 saturated carbocycles. The Balaban J connectivity index is 1.60. The number of thioether (sulfide) groups is 1. The smallest absolute Gasteiger partial charge is 0.318 e. The maximum atomic E-state index is 13.0. The third-order valence-corrected chi connectivity index (χ3v) is 6.38. The fourth-order valence-corrected chi connectivity index (χ4v) is 4.50. The molecule has 1 fully saturated rings. The molecule has 196 valence electrons. The van der Waals surface area contributed by atoms with Crippen LogP contribution in [0.2, 0.25) is 0 Å². The molecule has 1 aliphatic rings. The van der Waals surface area contributed by atoms with Gasteiger partial charge in [0, 0.05) is 6.07 Å². The van der Waals surface area contributed by atoms with E-state index in [4.69, 9.17) is 9.47 Å². The summed E-state index contributed by atoms with van der Waals surface area (Å²) in [5.41, 5.74) is 0.350. The van der Waals surface area contributed by atoms with Crippen LogP contribution < -0.4 is 9.47 Å². The number of nitro groups is 2. The van der Waals surface area contributed by atoms with Crippen LogP contribution in [-0.4, -0.2) is 32.5 Å². The number of hydrogen-bond acceptors (Lipinski definition) is 10. The van der Waals surface area contributed by atoms with Gasteiger partial charge < -0.3 is 9.47 Å². The Kier molecular flexibility index (Phi) is 7.88. The number of nitro benzene ring substituents is 2. The van der Waals surface area contributed by atoms with Crippen LogP contribution in [0.5, 0.6) is 17.2 Å². The van der Waals surface area contributed by atoms with Crippen molar-refractivity contribution in [3.63, 3.8) is 0 Å². The first-order valence-corrected chi connectivity index (χ1v) is 12.1. The van der Waals surface area contributed by atoms with Gasteiger partial charge in [0.2, 0.25) is 5.75 Å². The average Bonchev–Trinajstić information content (AvgIpc) is 3.17. The Bertz CT molecular complexity index is 1580. The van der Waals surface area contributed by atoms with Crippen LogP contribution in [0.3, 0.4) is 0 Å². The Labute approximate surface area is 225 Å². The van der Waals surface area contributed by atoms with Crippen molar-refractivity contribution in [1.82, 2.24) is 4.90 Å². The van der Waals surface area contributed by atoms with Crippen LogP contribution in [0.25, 0.3) is 6.08 Å². The average molecular weight is 547 g/mol. The van der Waals surface area contributed by atoms with Gasteiger partial charge in [0.05, 0.1) is 45.6 Å². The molecular weight excluding hydrogens is 528 g/mol. The first-order chi connectivity index (χ1) is 18.7. The number of hydrogen-bond donors (Lipinski definition) is 0. The molecule has 3 aromatic carbocycles. The molecule has 0 radical (unpaired) electrons. The summed E-state index contributed by atoms with van der Waals surface area (Å²) in [4.78, 5) is 47.7. The predicted molar refractivity (Wildman–Crippen MR) is 140 cm³/mol. The minimum absolute atomic E-state index is 0.0449. The first kappa shape index (κ1) is 26.8. The van der Waals surface area contributed by atoms with Crippen LogP contribution in [0.15, 0.2) is 65.6 Å². The number of imide groups is 1. The van der Waals surface area contributed by atoms with Gasteiger partial charge in [0.1, 0.15) is 0 Å². The lowest BCUT2D eigenvalue weighted by Gasteiger charge is -2.13. The summed E-state index contributed by atoms with van der Waals surface area (Å²) >= 11 is 0.758. The van der Waals surface area contributed by atoms with Crippen molar-refractivity contribution >= 4 is 40.4 Å². The minimum atomic E-state index is -0.790. The summed E-state index contributed by atoms with van der Waals surface area (Å²) in [5.74, 6) is -0.441. The number of carbonyl (C=O) groups is 2. The van der Waals surface area contributed by atoms with Crippen molar-refractivity contribution in [2.75, 3.05) is 6.61 Å². The molecule has 1 aliphatic heterocycles. The molecule has 0 aromatic heterocycles. The van der Waals surface area contributed by atoms with Gasteiger partial charge in [0.15, 0.2) is 11.5 Å². The summed E-state index contributed by atoms with van der Waals surface area (Å²) in [5, 5.41) is 31.3. The second-order valence-corrected chi connectivity index (χ2v) is 8.94. The maximum absolute atomic E-state index is 13.0. The second kappa shape index (κ2) is 11.4. The van der Waals surface area contributed by atoms with E-state index < -0.39 is 32.4 Å².